The monoisotopic (exact) mass is 491 g/mol. The summed E-state index contributed by atoms with van der Waals surface area (Å²) in [4.78, 5) is 0. The maximum Gasteiger partial charge on any atom is 0.0136 e. The second kappa shape index (κ2) is 20.9. The van der Waals surface area contributed by atoms with E-state index in [9.17, 15) is 0 Å². The summed E-state index contributed by atoms with van der Waals surface area (Å²) in [7, 11) is 0. The molecule has 2 heterocycles. The average molecular weight is 491 g/mol. The predicted molar refractivity (Wildman–Crippen MR) is 157 cm³/mol. The van der Waals surface area contributed by atoms with Crippen molar-refractivity contribution in [2.75, 3.05) is 26.2 Å². The first-order chi connectivity index (χ1) is 17.2. The summed E-state index contributed by atoms with van der Waals surface area (Å²) in [5.41, 5.74) is 0. The standard InChI is InChI=1S/C33H66N2/c1-4-5-6-14-22-33-23-19-29-35(30-26-33)34-27-17-12-8-7-10-15-20-32(25-24-31(2)3)21-16-11-9-13-18-28-34/h31-33H,4-30H2,1-3H3. The fourth-order valence-corrected chi connectivity index (χ4v) is 6.67. The Morgan fingerprint density at radius 2 is 1.03 bits per heavy atom. The lowest BCUT2D eigenvalue weighted by Crippen LogP contribution is -2.44. The molecule has 0 bridgehead atoms. The van der Waals surface area contributed by atoms with Crippen LogP contribution in [0.3, 0.4) is 0 Å². The second-order valence-corrected chi connectivity index (χ2v) is 12.9. The van der Waals surface area contributed by atoms with Crippen molar-refractivity contribution >= 4 is 0 Å². The predicted octanol–water partition coefficient (Wildman–Crippen LogP) is 10.4. The summed E-state index contributed by atoms with van der Waals surface area (Å²) in [6.45, 7) is 12.4. The highest BCUT2D eigenvalue weighted by molar-refractivity contribution is 4.71. The molecule has 2 atom stereocenters. The van der Waals surface area contributed by atoms with E-state index in [4.69, 9.17) is 0 Å². The molecule has 2 rings (SSSR count). The van der Waals surface area contributed by atoms with Crippen LogP contribution in [0.25, 0.3) is 0 Å². The van der Waals surface area contributed by atoms with Crippen molar-refractivity contribution in [1.29, 1.82) is 0 Å². The Hall–Kier alpha value is -0.0800. The zero-order chi connectivity index (χ0) is 25.0. The van der Waals surface area contributed by atoms with Crippen LogP contribution >= 0.6 is 0 Å². The van der Waals surface area contributed by atoms with Gasteiger partial charge in [-0.1, -0.05) is 136 Å². The highest BCUT2D eigenvalue weighted by Crippen LogP contribution is 2.26. The largest absolute Gasteiger partial charge is 0.242 e. The molecule has 2 saturated heterocycles. The van der Waals surface area contributed by atoms with E-state index in [1.165, 1.54) is 174 Å². The average Bonchev–Trinajstić information content (AvgIpc) is 3.09. The quantitative estimate of drug-likeness (QED) is 0.296. The van der Waals surface area contributed by atoms with Crippen molar-refractivity contribution in [2.45, 2.75) is 168 Å². The van der Waals surface area contributed by atoms with Gasteiger partial charge in [0.05, 0.1) is 0 Å². The van der Waals surface area contributed by atoms with Crippen molar-refractivity contribution < 1.29 is 0 Å². The Bertz CT molecular complexity index is 462. The maximum absolute atomic E-state index is 2.82. The van der Waals surface area contributed by atoms with E-state index < -0.39 is 0 Å². The Morgan fingerprint density at radius 3 is 1.66 bits per heavy atom. The fourth-order valence-electron chi connectivity index (χ4n) is 6.67. The van der Waals surface area contributed by atoms with Gasteiger partial charge in [0.2, 0.25) is 0 Å². The summed E-state index contributed by atoms with van der Waals surface area (Å²) < 4.78 is 0. The van der Waals surface area contributed by atoms with Gasteiger partial charge < -0.3 is 0 Å². The molecule has 0 aromatic rings. The van der Waals surface area contributed by atoms with Crippen LogP contribution in [0.15, 0.2) is 0 Å². The number of unbranched alkanes of at least 4 members (excludes halogenated alkanes) is 3. The van der Waals surface area contributed by atoms with E-state index in [2.05, 4.69) is 30.8 Å². The maximum atomic E-state index is 2.82. The van der Waals surface area contributed by atoms with E-state index in [1.807, 2.05) is 0 Å². The number of hydrogen-bond donors (Lipinski definition) is 0. The third kappa shape index (κ3) is 15.7. The van der Waals surface area contributed by atoms with Gasteiger partial charge in [-0.2, -0.15) is 0 Å². The molecule has 2 unspecified atom stereocenters. The third-order valence-corrected chi connectivity index (χ3v) is 9.15. The van der Waals surface area contributed by atoms with E-state index in [1.54, 1.807) is 0 Å². The molecule has 208 valence electrons. The normalized spacial score (nSPS) is 26.4. The lowest BCUT2D eigenvalue weighted by atomic mass is 9.88. The van der Waals surface area contributed by atoms with E-state index in [0.29, 0.717) is 0 Å². The third-order valence-electron chi connectivity index (χ3n) is 9.15. The molecule has 0 spiro atoms. The summed E-state index contributed by atoms with van der Waals surface area (Å²) in [5, 5.41) is 5.62. The van der Waals surface area contributed by atoms with Gasteiger partial charge in [0.25, 0.3) is 0 Å². The van der Waals surface area contributed by atoms with Crippen LogP contribution in [0.2, 0.25) is 0 Å². The molecule has 0 aromatic heterocycles. The molecule has 2 nitrogen and oxygen atoms in total. The van der Waals surface area contributed by atoms with Gasteiger partial charge in [0, 0.05) is 26.2 Å². The van der Waals surface area contributed by atoms with Crippen LogP contribution in [-0.2, 0) is 0 Å². The number of hydrazine groups is 1. The summed E-state index contributed by atoms with van der Waals surface area (Å²) in [5.74, 6) is 2.89. The Labute approximate surface area is 222 Å². The topological polar surface area (TPSA) is 6.48 Å². The van der Waals surface area contributed by atoms with Crippen molar-refractivity contribution in [3.63, 3.8) is 0 Å². The number of hydrogen-bond acceptors (Lipinski definition) is 2. The van der Waals surface area contributed by atoms with Gasteiger partial charge in [-0.05, 0) is 49.9 Å². The molecule has 0 aliphatic carbocycles. The van der Waals surface area contributed by atoms with Crippen LogP contribution in [-0.4, -0.2) is 36.2 Å². The zero-order valence-corrected chi connectivity index (χ0v) is 24.7. The van der Waals surface area contributed by atoms with Crippen molar-refractivity contribution in [3.8, 4) is 0 Å². The highest BCUT2D eigenvalue weighted by atomic mass is 15.6. The van der Waals surface area contributed by atoms with Crippen LogP contribution < -0.4 is 0 Å². The summed E-state index contributed by atoms with van der Waals surface area (Å²) >= 11 is 0. The molecule has 2 aliphatic rings. The molecule has 2 fully saturated rings. The lowest BCUT2D eigenvalue weighted by Gasteiger charge is -2.34. The first-order valence-corrected chi connectivity index (χ1v) is 16.7. The minimum atomic E-state index is 0.878. The molecule has 2 aliphatic heterocycles. The molecule has 0 aromatic carbocycles. The van der Waals surface area contributed by atoms with Crippen LogP contribution in [0.5, 0.6) is 0 Å². The summed E-state index contributed by atoms with van der Waals surface area (Å²) in [6.07, 6.45) is 33.6. The van der Waals surface area contributed by atoms with Crippen molar-refractivity contribution in [1.82, 2.24) is 10.0 Å². The van der Waals surface area contributed by atoms with Gasteiger partial charge in [-0.3, -0.25) is 0 Å². The molecular weight excluding hydrogens is 424 g/mol. The molecule has 0 radical (unpaired) electrons. The molecule has 35 heavy (non-hydrogen) atoms. The van der Waals surface area contributed by atoms with Gasteiger partial charge in [0.1, 0.15) is 0 Å². The minimum Gasteiger partial charge on any atom is -0.242 e. The van der Waals surface area contributed by atoms with Crippen LogP contribution in [0, 0.1) is 17.8 Å². The molecule has 0 saturated carbocycles. The number of nitrogens with zero attached hydrogens (tertiary/aromatic N) is 2. The molecule has 0 amide bonds. The minimum absolute atomic E-state index is 0.878. The highest BCUT2D eigenvalue weighted by Gasteiger charge is 2.21. The Balaban J connectivity index is 1.76. The first-order valence-electron chi connectivity index (χ1n) is 16.7. The molecule has 0 N–H and O–H groups in total. The van der Waals surface area contributed by atoms with Gasteiger partial charge in [0.15, 0.2) is 0 Å². The number of rotatable bonds is 9. The lowest BCUT2D eigenvalue weighted by molar-refractivity contribution is -0.0261. The van der Waals surface area contributed by atoms with E-state index in [0.717, 1.165) is 17.8 Å². The van der Waals surface area contributed by atoms with Crippen molar-refractivity contribution in [2.24, 2.45) is 17.8 Å². The van der Waals surface area contributed by atoms with Gasteiger partial charge >= 0.3 is 0 Å². The zero-order valence-electron chi connectivity index (χ0n) is 24.7. The van der Waals surface area contributed by atoms with Crippen LogP contribution in [0.4, 0.5) is 0 Å². The molecule has 2 heteroatoms. The molecular formula is C33H66N2. The fraction of sp³-hybridized carbons (Fsp3) is 1.00. The SMILES string of the molecule is CCCCCCC1CCCN(N2CCCCCCCCC(CCC(C)C)CCCCCCC2)CC1. The smallest absolute Gasteiger partial charge is 0.0136 e. The Morgan fingerprint density at radius 1 is 0.514 bits per heavy atom. The van der Waals surface area contributed by atoms with Gasteiger partial charge in [-0.15, -0.1) is 0 Å². The van der Waals surface area contributed by atoms with Crippen molar-refractivity contribution in [3.05, 3.63) is 0 Å². The second-order valence-electron chi connectivity index (χ2n) is 12.9. The van der Waals surface area contributed by atoms with Gasteiger partial charge in [-0.25, -0.2) is 10.0 Å². The Kier molecular flexibility index (Phi) is 18.6. The van der Waals surface area contributed by atoms with Crippen LogP contribution in [0.1, 0.15) is 168 Å². The first kappa shape index (κ1) is 31.1. The van der Waals surface area contributed by atoms with E-state index >= 15 is 0 Å². The van der Waals surface area contributed by atoms with E-state index in [-0.39, 0.29) is 0 Å². The summed E-state index contributed by atoms with van der Waals surface area (Å²) in [6, 6.07) is 0.